The predicted octanol–water partition coefficient (Wildman–Crippen LogP) is 3.32. The Morgan fingerprint density at radius 1 is 1.15 bits per heavy atom. The number of nitro groups is 1. The van der Waals surface area contributed by atoms with Crippen molar-refractivity contribution in [1.29, 1.82) is 0 Å². The van der Waals surface area contributed by atoms with Gasteiger partial charge in [0.05, 0.1) is 15.5 Å². The molecular formula is C17H9ClN2O6. The van der Waals surface area contributed by atoms with E-state index < -0.39 is 10.9 Å². The summed E-state index contributed by atoms with van der Waals surface area (Å²) in [6.45, 7) is 0.151. The lowest BCUT2D eigenvalue weighted by molar-refractivity contribution is -0.384. The fourth-order valence-corrected chi connectivity index (χ4v) is 2.73. The summed E-state index contributed by atoms with van der Waals surface area (Å²) in [5.74, 6) is 0.547. The van der Waals surface area contributed by atoms with Crippen molar-refractivity contribution in [1.82, 2.24) is 0 Å². The molecule has 8 nitrogen and oxygen atoms in total. The highest BCUT2D eigenvalue weighted by Gasteiger charge is 2.26. The molecule has 0 saturated carbocycles. The van der Waals surface area contributed by atoms with E-state index in [4.69, 9.17) is 25.8 Å². The van der Waals surface area contributed by atoms with Crippen LogP contribution < -0.4 is 9.47 Å². The van der Waals surface area contributed by atoms with E-state index in [1.807, 2.05) is 0 Å². The second kappa shape index (κ2) is 6.16. The van der Waals surface area contributed by atoms with Crippen LogP contribution in [0.5, 0.6) is 11.5 Å². The minimum atomic E-state index is -0.646. The summed E-state index contributed by atoms with van der Waals surface area (Å²) in [6.07, 6.45) is 1.54. The van der Waals surface area contributed by atoms with Crippen molar-refractivity contribution in [3.8, 4) is 11.5 Å². The van der Waals surface area contributed by atoms with E-state index in [0.29, 0.717) is 22.6 Å². The zero-order valence-corrected chi connectivity index (χ0v) is 13.7. The maximum Gasteiger partial charge on any atom is 0.363 e. The molecule has 9 heteroatoms. The molecule has 0 N–H and O–H groups in total. The Kier molecular flexibility index (Phi) is 3.81. The van der Waals surface area contributed by atoms with E-state index in [1.54, 1.807) is 18.2 Å². The summed E-state index contributed by atoms with van der Waals surface area (Å²) >= 11 is 6.05. The van der Waals surface area contributed by atoms with Gasteiger partial charge in [-0.2, -0.15) is 0 Å². The van der Waals surface area contributed by atoms with Gasteiger partial charge in [0.1, 0.15) is 0 Å². The van der Waals surface area contributed by atoms with Crippen LogP contribution in [0, 0.1) is 10.1 Å². The highest BCUT2D eigenvalue weighted by molar-refractivity contribution is 6.34. The number of esters is 1. The smallest absolute Gasteiger partial charge is 0.363 e. The minimum Gasteiger partial charge on any atom is -0.454 e. The largest absolute Gasteiger partial charge is 0.454 e. The molecule has 0 bridgehead atoms. The van der Waals surface area contributed by atoms with E-state index in [2.05, 4.69) is 4.99 Å². The molecule has 2 heterocycles. The summed E-state index contributed by atoms with van der Waals surface area (Å²) < 4.78 is 15.7. The number of rotatable bonds is 3. The predicted molar refractivity (Wildman–Crippen MR) is 91.3 cm³/mol. The van der Waals surface area contributed by atoms with Crippen LogP contribution in [0.4, 0.5) is 5.69 Å². The van der Waals surface area contributed by atoms with Gasteiger partial charge >= 0.3 is 5.97 Å². The van der Waals surface area contributed by atoms with Gasteiger partial charge in [-0.25, -0.2) is 9.79 Å². The summed E-state index contributed by atoms with van der Waals surface area (Å²) in [4.78, 5) is 26.4. The molecule has 26 heavy (non-hydrogen) atoms. The second-order valence-electron chi connectivity index (χ2n) is 5.37. The number of aliphatic imine (C=N–C) groups is 1. The molecule has 0 amide bonds. The maximum absolute atomic E-state index is 12.1. The number of non-ortho nitro benzene ring substituents is 1. The summed E-state index contributed by atoms with van der Waals surface area (Å²) in [7, 11) is 0. The van der Waals surface area contributed by atoms with Crippen LogP contribution in [0.15, 0.2) is 47.1 Å². The van der Waals surface area contributed by atoms with E-state index in [0.717, 1.165) is 0 Å². The highest BCUT2D eigenvalue weighted by Crippen LogP contribution is 2.33. The van der Waals surface area contributed by atoms with E-state index >= 15 is 0 Å². The number of nitrogens with zero attached hydrogens (tertiary/aromatic N) is 2. The number of ether oxygens (including phenoxy) is 3. The standard InChI is InChI=1S/C17H9ClN2O6/c18-12-7-10(20(22)23)2-3-11(12)16-19-13(17(21)26-16)5-9-1-4-14-15(6-9)25-8-24-14/h1-7H,8H2. The van der Waals surface area contributed by atoms with E-state index in [9.17, 15) is 14.9 Å². The number of carbonyl (C=O) groups excluding carboxylic acids is 1. The minimum absolute atomic E-state index is 0.0121. The molecule has 4 rings (SSSR count). The fourth-order valence-electron chi connectivity index (χ4n) is 2.48. The molecule has 0 spiro atoms. The summed E-state index contributed by atoms with van der Waals surface area (Å²) in [6, 6.07) is 9.02. The van der Waals surface area contributed by atoms with Crippen LogP contribution in [0.3, 0.4) is 0 Å². The molecular weight excluding hydrogens is 364 g/mol. The van der Waals surface area contributed by atoms with E-state index in [1.165, 1.54) is 24.3 Å². The molecule has 0 fully saturated rings. The van der Waals surface area contributed by atoms with Gasteiger partial charge in [0.15, 0.2) is 17.2 Å². The zero-order chi connectivity index (χ0) is 18.3. The Morgan fingerprint density at radius 3 is 2.73 bits per heavy atom. The molecule has 0 saturated heterocycles. The van der Waals surface area contributed by atoms with Crippen LogP contribution in [0.1, 0.15) is 11.1 Å². The third kappa shape index (κ3) is 2.86. The number of fused-ring (bicyclic) bond motifs is 1. The van der Waals surface area contributed by atoms with E-state index in [-0.39, 0.29) is 29.1 Å². The number of halogens is 1. The van der Waals surface area contributed by atoms with Gasteiger partial charge in [-0.1, -0.05) is 17.7 Å². The van der Waals surface area contributed by atoms with Gasteiger partial charge in [0, 0.05) is 12.1 Å². The second-order valence-corrected chi connectivity index (χ2v) is 5.78. The van der Waals surface area contributed by atoms with Crippen LogP contribution in [0.25, 0.3) is 6.08 Å². The fraction of sp³-hybridized carbons (Fsp3) is 0.0588. The molecule has 2 aromatic rings. The Hall–Kier alpha value is -3.39. The van der Waals surface area contributed by atoms with Crippen molar-refractivity contribution in [2.45, 2.75) is 0 Å². The first kappa shape index (κ1) is 16.1. The van der Waals surface area contributed by atoms with Crippen molar-refractivity contribution in [2.75, 3.05) is 6.79 Å². The lowest BCUT2D eigenvalue weighted by Gasteiger charge is -2.02. The number of carbonyl (C=O) groups is 1. The molecule has 2 aliphatic rings. The molecule has 0 unspecified atom stereocenters. The molecule has 0 aromatic heterocycles. The first-order chi connectivity index (χ1) is 12.5. The molecule has 130 valence electrons. The number of hydrogen-bond donors (Lipinski definition) is 0. The van der Waals surface area contributed by atoms with Gasteiger partial charge in [-0.3, -0.25) is 10.1 Å². The molecule has 2 aromatic carbocycles. The van der Waals surface area contributed by atoms with Gasteiger partial charge in [-0.05, 0) is 29.8 Å². The number of hydrogen-bond acceptors (Lipinski definition) is 7. The lowest BCUT2D eigenvalue weighted by atomic mass is 10.1. The Balaban J connectivity index is 1.66. The lowest BCUT2D eigenvalue weighted by Crippen LogP contribution is -2.06. The normalized spacial score (nSPS) is 16.6. The zero-order valence-electron chi connectivity index (χ0n) is 13.0. The van der Waals surface area contributed by atoms with Crippen LogP contribution >= 0.6 is 11.6 Å². The Morgan fingerprint density at radius 2 is 1.96 bits per heavy atom. The average molecular weight is 373 g/mol. The quantitative estimate of drug-likeness (QED) is 0.354. The third-order valence-electron chi connectivity index (χ3n) is 3.71. The summed E-state index contributed by atoms with van der Waals surface area (Å²) in [5.41, 5.74) is 0.883. The van der Waals surface area contributed by atoms with Crippen molar-refractivity contribution >= 4 is 35.2 Å². The van der Waals surface area contributed by atoms with Crippen molar-refractivity contribution in [2.24, 2.45) is 4.99 Å². The summed E-state index contributed by atoms with van der Waals surface area (Å²) in [5, 5.41) is 10.8. The number of benzene rings is 2. The number of nitro benzene ring substituents is 1. The van der Waals surface area contributed by atoms with Crippen molar-refractivity contribution in [3.05, 3.63) is 68.4 Å². The molecule has 0 aliphatic carbocycles. The van der Waals surface area contributed by atoms with Gasteiger partial charge < -0.3 is 14.2 Å². The van der Waals surface area contributed by atoms with Crippen LogP contribution in [0.2, 0.25) is 5.02 Å². The topological polar surface area (TPSA) is 100 Å². The van der Waals surface area contributed by atoms with Gasteiger partial charge in [0.25, 0.3) is 5.69 Å². The Bertz CT molecular complexity index is 1010. The molecule has 0 atom stereocenters. The first-order valence-electron chi connectivity index (χ1n) is 7.38. The number of cyclic esters (lactones) is 1. The van der Waals surface area contributed by atoms with Crippen molar-refractivity contribution < 1.29 is 23.9 Å². The van der Waals surface area contributed by atoms with Crippen LogP contribution in [-0.2, 0) is 9.53 Å². The monoisotopic (exact) mass is 372 g/mol. The van der Waals surface area contributed by atoms with Crippen LogP contribution in [-0.4, -0.2) is 23.6 Å². The Labute approximate surface area is 151 Å². The SMILES string of the molecule is O=C1OC(c2ccc([N+](=O)[O-])cc2Cl)=NC1=Cc1ccc2c(c1)OCO2. The van der Waals surface area contributed by atoms with Gasteiger partial charge in [0.2, 0.25) is 12.7 Å². The average Bonchev–Trinajstić information content (AvgIpc) is 3.21. The van der Waals surface area contributed by atoms with Gasteiger partial charge in [-0.15, -0.1) is 0 Å². The maximum atomic E-state index is 12.1. The first-order valence-corrected chi connectivity index (χ1v) is 7.75. The van der Waals surface area contributed by atoms with Crippen molar-refractivity contribution in [3.63, 3.8) is 0 Å². The highest BCUT2D eigenvalue weighted by atomic mass is 35.5. The third-order valence-corrected chi connectivity index (χ3v) is 4.03. The molecule has 2 aliphatic heterocycles. The molecule has 0 radical (unpaired) electrons.